The molecular weight excluding hydrogens is 430 g/mol. The molecule has 1 fully saturated rings. The number of rotatable bonds is 4. The number of hydrogen-bond acceptors (Lipinski definition) is 7. The highest BCUT2D eigenvalue weighted by Crippen LogP contribution is 2.30. The van der Waals surface area contributed by atoms with Crippen molar-refractivity contribution in [2.75, 3.05) is 23.3 Å². The van der Waals surface area contributed by atoms with Gasteiger partial charge in [0, 0.05) is 49.2 Å². The molecule has 9 nitrogen and oxygen atoms in total. The second kappa shape index (κ2) is 8.96. The van der Waals surface area contributed by atoms with Crippen molar-refractivity contribution in [1.82, 2.24) is 24.7 Å². The fraction of sp³-hybridized carbons (Fsp3) is 0.318. The number of anilines is 2. The van der Waals surface area contributed by atoms with Gasteiger partial charge < -0.3 is 14.6 Å². The van der Waals surface area contributed by atoms with Crippen molar-refractivity contribution in [2.24, 2.45) is 7.05 Å². The fourth-order valence-corrected chi connectivity index (χ4v) is 3.88. The maximum Gasteiger partial charge on any atom is 0.277 e. The summed E-state index contributed by atoms with van der Waals surface area (Å²) in [6, 6.07) is 5.59. The van der Waals surface area contributed by atoms with E-state index in [1.165, 1.54) is 12.7 Å². The zero-order valence-electron chi connectivity index (χ0n) is 17.9. The summed E-state index contributed by atoms with van der Waals surface area (Å²) in [5.74, 6) is 0.782. The van der Waals surface area contributed by atoms with E-state index < -0.39 is 0 Å². The van der Waals surface area contributed by atoms with Crippen LogP contribution in [0.5, 0.6) is 0 Å². The molecule has 0 bridgehead atoms. The number of nitrogens with zero attached hydrogens (tertiary/aromatic N) is 6. The smallest absolute Gasteiger partial charge is 0.277 e. The van der Waals surface area contributed by atoms with Gasteiger partial charge in [-0.3, -0.25) is 14.5 Å². The first-order valence-electron chi connectivity index (χ1n) is 10.4. The highest BCUT2D eigenvalue weighted by Gasteiger charge is 2.21. The van der Waals surface area contributed by atoms with E-state index in [-0.39, 0.29) is 24.0 Å². The van der Waals surface area contributed by atoms with Gasteiger partial charge in [0.25, 0.3) is 5.91 Å². The Morgan fingerprint density at radius 1 is 1.16 bits per heavy atom. The van der Waals surface area contributed by atoms with Gasteiger partial charge >= 0.3 is 0 Å². The molecule has 0 spiro atoms. The molecule has 5 rings (SSSR count). The van der Waals surface area contributed by atoms with E-state index in [4.69, 9.17) is 9.40 Å². The maximum absolute atomic E-state index is 13.0. The van der Waals surface area contributed by atoms with Gasteiger partial charge in [0.2, 0.25) is 5.89 Å². The SMILES string of the molecule is Cc1cc(-c2nc(C(=O)Nc3cc4cn(C)nc4nc3N3CCCCC3)co2)ccn1.Cl. The number of carbonyl (C=O) groups is 1. The Bertz CT molecular complexity index is 1260. The average molecular weight is 454 g/mol. The van der Waals surface area contributed by atoms with Crippen LogP contribution in [0.25, 0.3) is 22.5 Å². The van der Waals surface area contributed by atoms with E-state index in [0.717, 1.165) is 48.4 Å². The van der Waals surface area contributed by atoms with Gasteiger partial charge in [-0.2, -0.15) is 5.10 Å². The highest BCUT2D eigenvalue weighted by atomic mass is 35.5. The van der Waals surface area contributed by atoms with Crippen LogP contribution in [0.15, 0.2) is 41.3 Å². The summed E-state index contributed by atoms with van der Waals surface area (Å²) in [4.78, 5) is 28.5. The molecule has 0 saturated carbocycles. The third-order valence-corrected chi connectivity index (χ3v) is 5.37. The Morgan fingerprint density at radius 3 is 2.75 bits per heavy atom. The number of amides is 1. The number of pyridine rings is 2. The summed E-state index contributed by atoms with van der Waals surface area (Å²) in [6.45, 7) is 3.71. The van der Waals surface area contributed by atoms with E-state index in [1.807, 2.05) is 32.3 Å². The van der Waals surface area contributed by atoms with Crippen LogP contribution in [0.2, 0.25) is 0 Å². The number of piperidine rings is 1. The number of oxazole rings is 1. The first-order valence-corrected chi connectivity index (χ1v) is 10.4. The number of hydrogen-bond donors (Lipinski definition) is 1. The lowest BCUT2D eigenvalue weighted by atomic mass is 10.1. The van der Waals surface area contributed by atoms with Crippen molar-refractivity contribution in [3.63, 3.8) is 0 Å². The molecule has 0 unspecified atom stereocenters. The first kappa shape index (κ1) is 21.8. The summed E-state index contributed by atoms with van der Waals surface area (Å²) >= 11 is 0. The van der Waals surface area contributed by atoms with E-state index in [0.29, 0.717) is 17.2 Å². The molecule has 1 N–H and O–H groups in total. The van der Waals surface area contributed by atoms with Crippen LogP contribution >= 0.6 is 12.4 Å². The molecule has 0 radical (unpaired) electrons. The number of fused-ring (bicyclic) bond motifs is 1. The van der Waals surface area contributed by atoms with Crippen molar-refractivity contribution < 1.29 is 9.21 Å². The molecular formula is C22H24ClN7O2. The lowest BCUT2D eigenvalue weighted by molar-refractivity contribution is 0.102. The molecule has 1 saturated heterocycles. The molecule has 166 valence electrons. The molecule has 4 aromatic rings. The Kier molecular flexibility index (Phi) is 6.09. The maximum atomic E-state index is 13.0. The van der Waals surface area contributed by atoms with Crippen molar-refractivity contribution >= 4 is 40.9 Å². The number of aryl methyl sites for hydroxylation is 2. The Labute approximate surface area is 191 Å². The molecule has 5 heterocycles. The van der Waals surface area contributed by atoms with Crippen LogP contribution in [0.1, 0.15) is 35.4 Å². The second-order valence-electron chi connectivity index (χ2n) is 7.80. The zero-order chi connectivity index (χ0) is 21.4. The van der Waals surface area contributed by atoms with Gasteiger partial charge in [0.15, 0.2) is 17.2 Å². The third-order valence-electron chi connectivity index (χ3n) is 5.37. The zero-order valence-corrected chi connectivity index (χ0v) is 18.7. The molecule has 0 aliphatic carbocycles. The molecule has 0 atom stereocenters. The summed E-state index contributed by atoms with van der Waals surface area (Å²) < 4.78 is 7.27. The van der Waals surface area contributed by atoms with Crippen molar-refractivity contribution in [1.29, 1.82) is 0 Å². The average Bonchev–Trinajstić information content (AvgIpc) is 3.40. The minimum Gasteiger partial charge on any atom is -0.444 e. The topological polar surface area (TPSA) is 102 Å². The Hall–Kier alpha value is -3.46. The normalized spacial score (nSPS) is 13.8. The van der Waals surface area contributed by atoms with E-state index in [1.54, 1.807) is 16.9 Å². The standard InChI is InChI=1S/C22H23N7O2.ClH/c1-14-10-15(6-7-23-14)22-25-18(13-31-22)21(30)24-17-11-16-12-28(2)27-19(16)26-20(17)29-8-4-3-5-9-29;/h6-7,10-13H,3-5,8-9H2,1-2H3,(H,24,30);1H. The molecule has 32 heavy (non-hydrogen) atoms. The minimum atomic E-state index is -0.343. The lowest BCUT2D eigenvalue weighted by Gasteiger charge is -2.29. The quantitative estimate of drug-likeness (QED) is 0.498. The number of halogens is 1. The van der Waals surface area contributed by atoms with Crippen LogP contribution in [0.4, 0.5) is 11.5 Å². The van der Waals surface area contributed by atoms with Crippen LogP contribution in [0.3, 0.4) is 0 Å². The van der Waals surface area contributed by atoms with Gasteiger partial charge in [-0.1, -0.05) is 0 Å². The van der Waals surface area contributed by atoms with E-state index >= 15 is 0 Å². The van der Waals surface area contributed by atoms with E-state index in [2.05, 4.69) is 25.3 Å². The van der Waals surface area contributed by atoms with Crippen LogP contribution in [-0.2, 0) is 7.05 Å². The molecule has 1 aliphatic heterocycles. The molecule has 4 aromatic heterocycles. The van der Waals surface area contributed by atoms with Crippen LogP contribution in [0, 0.1) is 6.92 Å². The largest absolute Gasteiger partial charge is 0.444 e. The van der Waals surface area contributed by atoms with Crippen molar-refractivity contribution in [2.45, 2.75) is 26.2 Å². The van der Waals surface area contributed by atoms with Gasteiger partial charge in [-0.05, 0) is 44.4 Å². The predicted octanol–water partition coefficient (Wildman–Crippen LogP) is 3.99. The lowest BCUT2D eigenvalue weighted by Crippen LogP contribution is -2.31. The van der Waals surface area contributed by atoms with Gasteiger partial charge in [0.1, 0.15) is 6.26 Å². The van der Waals surface area contributed by atoms with E-state index in [9.17, 15) is 4.79 Å². The summed E-state index contributed by atoms with van der Waals surface area (Å²) in [6.07, 6.45) is 8.37. The number of carbonyl (C=O) groups excluding carboxylic acids is 1. The molecule has 0 aromatic carbocycles. The van der Waals surface area contributed by atoms with Gasteiger partial charge in [0.05, 0.1) is 5.69 Å². The van der Waals surface area contributed by atoms with Crippen molar-refractivity contribution in [3.05, 3.63) is 48.2 Å². The molecule has 1 aliphatic rings. The summed E-state index contributed by atoms with van der Waals surface area (Å²) in [7, 11) is 1.86. The highest BCUT2D eigenvalue weighted by molar-refractivity contribution is 6.05. The van der Waals surface area contributed by atoms with Crippen LogP contribution < -0.4 is 10.2 Å². The van der Waals surface area contributed by atoms with Gasteiger partial charge in [-0.15, -0.1) is 12.4 Å². The molecule has 10 heteroatoms. The second-order valence-corrected chi connectivity index (χ2v) is 7.80. The van der Waals surface area contributed by atoms with Crippen LogP contribution in [-0.4, -0.2) is 43.7 Å². The predicted molar refractivity (Wildman–Crippen MR) is 124 cm³/mol. The van der Waals surface area contributed by atoms with Gasteiger partial charge in [-0.25, -0.2) is 9.97 Å². The number of aromatic nitrogens is 5. The first-order chi connectivity index (χ1) is 15.1. The van der Waals surface area contributed by atoms with Crippen molar-refractivity contribution in [3.8, 4) is 11.5 Å². The monoisotopic (exact) mass is 453 g/mol. The molecule has 1 amide bonds. The Balaban J connectivity index is 0.00000245. The third kappa shape index (κ3) is 4.29. The summed E-state index contributed by atoms with van der Waals surface area (Å²) in [5.41, 5.74) is 3.15. The Morgan fingerprint density at radius 2 is 1.97 bits per heavy atom. The summed E-state index contributed by atoms with van der Waals surface area (Å²) in [5, 5.41) is 8.28. The fourth-order valence-electron chi connectivity index (χ4n) is 3.88. The minimum absolute atomic E-state index is 0. The number of nitrogens with one attached hydrogen (secondary N) is 1.